The summed E-state index contributed by atoms with van der Waals surface area (Å²) in [5, 5.41) is 13.7. The van der Waals surface area contributed by atoms with E-state index in [0.29, 0.717) is 6.54 Å². The number of aliphatic imine (C=N–C) groups is 1. The van der Waals surface area contributed by atoms with Gasteiger partial charge in [-0.05, 0) is 37.4 Å². The second kappa shape index (κ2) is 12.0. The van der Waals surface area contributed by atoms with Crippen LogP contribution >= 0.6 is 24.0 Å². The zero-order chi connectivity index (χ0) is 18.9. The number of hydrogen-bond acceptors (Lipinski definition) is 4. The molecule has 1 atom stereocenters. The molecule has 2 aromatic rings. The first-order valence-corrected chi connectivity index (χ1v) is 9.93. The number of guanidine groups is 1. The molecule has 1 saturated heterocycles. The van der Waals surface area contributed by atoms with Crippen molar-refractivity contribution in [3.05, 3.63) is 36.2 Å². The van der Waals surface area contributed by atoms with E-state index in [-0.39, 0.29) is 24.0 Å². The van der Waals surface area contributed by atoms with Gasteiger partial charge in [0, 0.05) is 38.3 Å². The summed E-state index contributed by atoms with van der Waals surface area (Å²) in [6.45, 7) is 6.21. The first-order chi connectivity index (χ1) is 13.3. The number of benzene rings is 1. The molecular weight excluding hydrogens is 465 g/mol. The van der Waals surface area contributed by atoms with Gasteiger partial charge in [0.25, 0.3) is 0 Å². The number of hydrogen-bond donors (Lipinski definition) is 3. The molecule has 1 aromatic carbocycles. The van der Waals surface area contributed by atoms with Gasteiger partial charge in [-0.15, -0.1) is 24.0 Å². The summed E-state index contributed by atoms with van der Waals surface area (Å²) < 4.78 is 0. The van der Waals surface area contributed by atoms with Gasteiger partial charge in [-0.1, -0.05) is 31.5 Å². The second-order valence-corrected chi connectivity index (χ2v) is 6.98. The van der Waals surface area contributed by atoms with Crippen molar-refractivity contribution in [1.29, 1.82) is 0 Å². The van der Waals surface area contributed by atoms with Crippen LogP contribution in [0.15, 0.2) is 35.6 Å². The monoisotopic (exact) mass is 497 g/mol. The third kappa shape index (κ3) is 6.44. The summed E-state index contributed by atoms with van der Waals surface area (Å²) in [7, 11) is 1.82. The summed E-state index contributed by atoms with van der Waals surface area (Å²) in [4.78, 5) is 11.2. The van der Waals surface area contributed by atoms with Gasteiger partial charge in [0.1, 0.15) is 6.33 Å². The Bertz CT molecular complexity index is 717. The molecule has 7 nitrogen and oxygen atoms in total. The number of nitrogens with one attached hydrogen (secondary N) is 3. The smallest absolute Gasteiger partial charge is 0.191 e. The first kappa shape index (κ1) is 22.6. The average molecular weight is 497 g/mol. The molecule has 3 N–H and O–H groups in total. The zero-order valence-corrected chi connectivity index (χ0v) is 19.1. The Morgan fingerprint density at radius 2 is 2.21 bits per heavy atom. The summed E-state index contributed by atoms with van der Waals surface area (Å²) in [6, 6.07) is 9.01. The SMILES string of the molecule is CCC1CCCCN1CCNC(=NC)NCc1cccc(-c2ncn[nH]2)c1.I. The highest BCUT2D eigenvalue weighted by atomic mass is 127. The highest BCUT2D eigenvalue weighted by Crippen LogP contribution is 2.18. The number of rotatable bonds is 7. The minimum Gasteiger partial charge on any atom is -0.355 e. The summed E-state index contributed by atoms with van der Waals surface area (Å²) in [5.41, 5.74) is 2.21. The lowest BCUT2D eigenvalue weighted by Gasteiger charge is -2.35. The molecular formula is C20H32IN7. The topological polar surface area (TPSA) is 81.2 Å². The van der Waals surface area contributed by atoms with E-state index in [2.05, 4.69) is 54.8 Å². The van der Waals surface area contributed by atoms with Crippen molar-refractivity contribution in [2.45, 2.75) is 45.2 Å². The molecule has 1 fully saturated rings. The van der Waals surface area contributed by atoms with Gasteiger partial charge in [0.2, 0.25) is 0 Å². The van der Waals surface area contributed by atoms with Crippen molar-refractivity contribution in [1.82, 2.24) is 30.7 Å². The summed E-state index contributed by atoms with van der Waals surface area (Å²) in [6.07, 6.45) is 6.81. The predicted molar refractivity (Wildman–Crippen MR) is 125 cm³/mol. The van der Waals surface area contributed by atoms with Crippen LogP contribution in [0.25, 0.3) is 11.4 Å². The molecule has 1 aliphatic rings. The maximum Gasteiger partial charge on any atom is 0.191 e. The van der Waals surface area contributed by atoms with E-state index in [0.717, 1.165) is 36.5 Å². The lowest BCUT2D eigenvalue weighted by atomic mass is 10.0. The highest BCUT2D eigenvalue weighted by molar-refractivity contribution is 14.0. The molecule has 28 heavy (non-hydrogen) atoms. The fourth-order valence-corrected chi connectivity index (χ4v) is 3.71. The normalized spacial score (nSPS) is 17.8. The van der Waals surface area contributed by atoms with Crippen LogP contribution in [0.4, 0.5) is 0 Å². The van der Waals surface area contributed by atoms with Gasteiger partial charge in [-0.2, -0.15) is 5.10 Å². The van der Waals surface area contributed by atoms with E-state index in [4.69, 9.17) is 0 Å². The molecule has 0 spiro atoms. The lowest BCUT2D eigenvalue weighted by molar-refractivity contribution is 0.147. The second-order valence-electron chi connectivity index (χ2n) is 6.98. The van der Waals surface area contributed by atoms with Crippen molar-refractivity contribution in [2.24, 2.45) is 4.99 Å². The van der Waals surface area contributed by atoms with E-state index < -0.39 is 0 Å². The fraction of sp³-hybridized carbons (Fsp3) is 0.550. The number of piperidine rings is 1. The van der Waals surface area contributed by atoms with Gasteiger partial charge in [0.05, 0.1) is 0 Å². The first-order valence-electron chi connectivity index (χ1n) is 9.93. The van der Waals surface area contributed by atoms with E-state index in [1.165, 1.54) is 44.1 Å². The quantitative estimate of drug-likeness (QED) is 0.311. The largest absolute Gasteiger partial charge is 0.355 e. The van der Waals surface area contributed by atoms with Gasteiger partial charge in [-0.3, -0.25) is 15.0 Å². The molecule has 8 heteroatoms. The van der Waals surface area contributed by atoms with E-state index in [1.54, 1.807) is 0 Å². The average Bonchev–Trinajstić information content (AvgIpc) is 3.26. The Morgan fingerprint density at radius 3 is 2.96 bits per heavy atom. The molecule has 0 saturated carbocycles. The number of nitrogens with zero attached hydrogens (tertiary/aromatic N) is 4. The van der Waals surface area contributed by atoms with Crippen molar-refractivity contribution >= 4 is 29.9 Å². The number of likely N-dealkylation sites (tertiary alicyclic amines) is 1. The van der Waals surface area contributed by atoms with Crippen LogP contribution in [0.2, 0.25) is 0 Å². The number of H-pyrrole nitrogens is 1. The summed E-state index contributed by atoms with van der Waals surface area (Å²) in [5.74, 6) is 1.62. The van der Waals surface area contributed by atoms with Crippen LogP contribution in [-0.4, -0.2) is 58.8 Å². The highest BCUT2D eigenvalue weighted by Gasteiger charge is 2.19. The van der Waals surface area contributed by atoms with E-state index in [1.807, 2.05) is 19.2 Å². The lowest BCUT2D eigenvalue weighted by Crippen LogP contribution is -2.45. The molecule has 3 rings (SSSR count). The van der Waals surface area contributed by atoms with Crippen molar-refractivity contribution in [2.75, 3.05) is 26.7 Å². The third-order valence-electron chi connectivity index (χ3n) is 5.21. The Balaban J connectivity index is 0.00000280. The van der Waals surface area contributed by atoms with Gasteiger partial charge in [0.15, 0.2) is 11.8 Å². The molecule has 1 aliphatic heterocycles. The molecule has 2 heterocycles. The van der Waals surface area contributed by atoms with Gasteiger partial charge in [-0.25, -0.2) is 4.98 Å². The van der Waals surface area contributed by atoms with Crippen molar-refractivity contribution in [3.8, 4) is 11.4 Å². The molecule has 0 amide bonds. The van der Waals surface area contributed by atoms with Gasteiger partial charge < -0.3 is 10.6 Å². The van der Waals surface area contributed by atoms with Crippen LogP contribution in [0.1, 0.15) is 38.2 Å². The zero-order valence-electron chi connectivity index (χ0n) is 16.8. The number of aromatic amines is 1. The van der Waals surface area contributed by atoms with Crippen LogP contribution < -0.4 is 10.6 Å². The van der Waals surface area contributed by atoms with Crippen molar-refractivity contribution in [3.63, 3.8) is 0 Å². The Labute approximate surface area is 184 Å². The minimum atomic E-state index is 0. The van der Waals surface area contributed by atoms with Crippen molar-refractivity contribution < 1.29 is 0 Å². The molecule has 0 radical (unpaired) electrons. The van der Waals surface area contributed by atoms with Crippen LogP contribution in [0.5, 0.6) is 0 Å². The Kier molecular flexibility index (Phi) is 9.69. The Hall–Kier alpha value is -1.68. The van der Waals surface area contributed by atoms with E-state index >= 15 is 0 Å². The molecule has 0 bridgehead atoms. The summed E-state index contributed by atoms with van der Waals surface area (Å²) >= 11 is 0. The Morgan fingerprint density at radius 1 is 1.32 bits per heavy atom. The standard InChI is InChI=1S/C20H31N7.HI/c1-3-18-9-4-5-11-27(18)12-10-22-20(21-2)23-14-16-7-6-8-17(13-16)19-24-15-25-26-19;/h6-8,13,15,18H,3-5,9-12,14H2,1-2H3,(H2,21,22,23)(H,24,25,26);1H. The molecule has 154 valence electrons. The maximum atomic E-state index is 4.34. The minimum absolute atomic E-state index is 0. The molecule has 1 unspecified atom stereocenters. The molecule has 1 aromatic heterocycles. The van der Waals surface area contributed by atoms with Crippen LogP contribution in [-0.2, 0) is 6.54 Å². The number of halogens is 1. The van der Waals surface area contributed by atoms with E-state index in [9.17, 15) is 0 Å². The van der Waals surface area contributed by atoms with Gasteiger partial charge >= 0.3 is 0 Å². The predicted octanol–water partition coefficient (Wildman–Crippen LogP) is 3.02. The van der Waals surface area contributed by atoms with Crippen LogP contribution in [0.3, 0.4) is 0 Å². The van der Waals surface area contributed by atoms with Crippen LogP contribution in [0, 0.1) is 0 Å². The molecule has 0 aliphatic carbocycles. The third-order valence-corrected chi connectivity index (χ3v) is 5.21. The number of aromatic nitrogens is 3. The maximum absolute atomic E-state index is 4.34. The fourth-order valence-electron chi connectivity index (χ4n) is 3.71.